The first kappa shape index (κ1) is 27.0. The fraction of sp³-hybridized carbons (Fsp3) is 0.296. The number of anilines is 1. The van der Waals surface area contributed by atoms with E-state index in [0.29, 0.717) is 12.2 Å². The molecule has 3 aromatic rings. The molecule has 1 atom stereocenters. The number of nitrogens with one attached hydrogen (secondary N) is 1. The molecule has 0 spiro atoms. The summed E-state index contributed by atoms with van der Waals surface area (Å²) in [6.45, 7) is 5.31. The predicted molar refractivity (Wildman–Crippen MR) is 138 cm³/mol. The van der Waals surface area contributed by atoms with Crippen LogP contribution in [0.4, 0.5) is 10.1 Å². The standard InChI is InChI=1S/C27H31FN2O5S/c1-6-23(20-12-11-18(2)19(3)15-20)29-27(31)17-30(24-10-8-7-9-22(24)28)36(32,33)21-13-14-25(34-4)26(16-21)35-5/h7-16,23H,6,17H2,1-5H3,(H,29,31). The topological polar surface area (TPSA) is 84.9 Å². The van der Waals surface area contributed by atoms with Crippen molar-refractivity contribution in [2.24, 2.45) is 0 Å². The summed E-state index contributed by atoms with van der Waals surface area (Å²) in [6, 6.07) is 15.1. The SMILES string of the molecule is CCC(NC(=O)CN(c1ccccc1F)S(=O)(=O)c1ccc(OC)c(OC)c1)c1ccc(C)c(C)c1. The molecule has 0 saturated carbocycles. The van der Waals surface area contributed by atoms with E-state index in [9.17, 15) is 17.6 Å². The minimum atomic E-state index is -4.35. The van der Waals surface area contributed by atoms with Gasteiger partial charge in [-0.25, -0.2) is 12.8 Å². The number of benzene rings is 3. The van der Waals surface area contributed by atoms with Crippen molar-refractivity contribution in [3.63, 3.8) is 0 Å². The Labute approximate surface area is 211 Å². The molecule has 0 aliphatic rings. The summed E-state index contributed by atoms with van der Waals surface area (Å²) in [5.74, 6) is -0.800. The van der Waals surface area contributed by atoms with Gasteiger partial charge < -0.3 is 14.8 Å². The maximum atomic E-state index is 14.8. The number of aryl methyl sites for hydroxylation is 2. The van der Waals surface area contributed by atoms with Gasteiger partial charge in [0.2, 0.25) is 5.91 Å². The Balaban J connectivity index is 1.97. The number of nitrogens with zero attached hydrogens (tertiary/aromatic N) is 1. The number of para-hydroxylation sites is 1. The Hall–Kier alpha value is -3.59. The molecule has 7 nitrogen and oxygen atoms in total. The van der Waals surface area contributed by atoms with E-state index in [0.717, 1.165) is 27.1 Å². The molecule has 192 valence electrons. The van der Waals surface area contributed by atoms with E-state index in [1.807, 2.05) is 39.0 Å². The molecule has 0 fully saturated rings. The van der Waals surface area contributed by atoms with Crippen LogP contribution < -0.4 is 19.1 Å². The van der Waals surface area contributed by atoms with Gasteiger partial charge >= 0.3 is 0 Å². The summed E-state index contributed by atoms with van der Waals surface area (Å²) >= 11 is 0. The van der Waals surface area contributed by atoms with Crippen molar-refractivity contribution < 1.29 is 27.1 Å². The number of carbonyl (C=O) groups is 1. The van der Waals surface area contributed by atoms with Crippen molar-refractivity contribution in [1.82, 2.24) is 5.32 Å². The van der Waals surface area contributed by atoms with E-state index in [1.54, 1.807) is 0 Å². The lowest BCUT2D eigenvalue weighted by atomic mass is 9.99. The normalized spacial score (nSPS) is 12.1. The van der Waals surface area contributed by atoms with E-state index < -0.39 is 28.3 Å². The summed E-state index contributed by atoms with van der Waals surface area (Å²) in [6.07, 6.45) is 0.594. The van der Waals surface area contributed by atoms with Gasteiger partial charge in [0.15, 0.2) is 11.5 Å². The van der Waals surface area contributed by atoms with Crippen LogP contribution in [-0.2, 0) is 14.8 Å². The molecule has 0 aliphatic heterocycles. The van der Waals surface area contributed by atoms with Crippen molar-refractivity contribution in [3.05, 3.63) is 83.2 Å². The third kappa shape index (κ3) is 5.79. The van der Waals surface area contributed by atoms with Crippen molar-refractivity contribution in [2.45, 2.75) is 38.1 Å². The molecular formula is C27H31FN2O5S. The van der Waals surface area contributed by atoms with Gasteiger partial charge in [0.05, 0.1) is 30.8 Å². The predicted octanol–water partition coefficient (Wildman–Crippen LogP) is 4.92. The van der Waals surface area contributed by atoms with Crippen LogP contribution in [-0.4, -0.2) is 35.1 Å². The van der Waals surface area contributed by atoms with Gasteiger partial charge in [-0.1, -0.05) is 37.3 Å². The molecule has 1 N–H and O–H groups in total. The first-order valence-corrected chi connectivity index (χ1v) is 12.9. The molecule has 9 heteroatoms. The van der Waals surface area contributed by atoms with Gasteiger partial charge in [0.25, 0.3) is 10.0 Å². The number of methoxy groups -OCH3 is 2. The van der Waals surface area contributed by atoms with Gasteiger partial charge in [-0.3, -0.25) is 9.10 Å². The first-order chi connectivity index (χ1) is 17.1. The Morgan fingerprint density at radius 1 is 0.972 bits per heavy atom. The molecular weight excluding hydrogens is 483 g/mol. The fourth-order valence-corrected chi connectivity index (χ4v) is 5.28. The highest BCUT2D eigenvalue weighted by Crippen LogP contribution is 2.33. The van der Waals surface area contributed by atoms with Crippen molar-refractivity contribution in [3.8, 4) is 11.5 Å². The number of amides is 1. The van der Waals surface area contributed by atoms with Crippen molar-refractivity contribution in [1.29, 1.82) is 0 Å². The quantitative estimate of drug-likeness (QED) is 0.415. The second kappa shape index (κ2) is 11.4. The first-order valence-electron chi connectivity index (χ1n) is 11.5. The Morgan fingerprint density at radius 3 is 2.28 bits per heavy atom. The van der Waals surface area contributed by atoms with E-state index >= 15 is 0 Å². The van der Waals surface area contributed by atoms with Crippen LogP contribution in [0.2, 0.25) is 0 Å². The van der Waals surface area contributed by atoms with Crippen LogP contribution in [0.15, 0.2) is 65.6 Å². The minimum absolute atomic E-state index is 0.169. The highest BCUT2D eigenvalue weighted by molar-refractivity contribution is 7.92. The summed E-state index contributed by atoms with van der Waals surface area (Å²) in [4.78, 5) is 13.0. The largest absolute Gasteiger partial charge is 0.493 e. The number of carbonyl (C=O) groups excluding carboxylic acids is 1. The van der Waals surface area contributed by atoms with Crippen LogP contribution in [0.3, 0.4) is 0 Å². The molecule has 3 rings (SSSR count). The Kier molecular flexibility index (Phi) is 8.57. The van der Waals surface area contributed by atoms with Crippen molar-refractivity contribution >= 4 is 21.6 Å². The second-order valence-electron chi connectivity index (χ2n) is 8.35. The zero-order valence-corrected chi connectivity index (χ0v) is 21.9. The zero-order valence-electron chi connectivity index (χ0n) is 21.0. The molecule has 0 bridgehead atoms. The van der Waals surface area contributed by atoms with Gasteiger partial charge in [-0.05, 0) is 61.2 Å². The maximum absolute atomic E-state index is 14.8. The molecule has 36 heavy (non-hydrogen) atoms. The number of halogens is 1. The maximum Gasteiger partial charge on any atom is 0.265 e. The summed E-state index contributed by atoms with van der Waals surface area (Å²) < 4.78 is 53.3. The zero-order chi connectivity index (χ0) is 26.5. The third-order valence-corrected chi connectivity index (χ3v) is 7.78. The van der Waals surface area contributed by atoms with Crippen LogP contribution in [0, 0.1) is 19.7 Å². The lowest BCUT2D eigenvalue weighted by Gasteiger charge is -2.26. The summed E-state index contributed by atoms with van der Waals surface area (Å²) in [5, 5.41) is 2.90. The molecule has 1 unspecified atom stereocenters. The molecule has 3 aromatic carbocycles. The number of rotatable bonds is 10. The number of hydrogen-bond donors (Lipinski definition) is 1. The van der Waals surface area contributed by atoms with E-state index in [4.69, 9.17) is 9.47 Å². The van der Waals surface area contributed by atoms with Crippen LogP contribution in [0.5, 0.6) is 11.5 Å². The highest BCUT2D eigenvalue weighted by atomic mass is 32.2. The molecule has 0 aliphatic carbocycles. The lowest BCUT2D eigenvalue weighted by molar-refractivity contribution is -0.120. The summed E-state index contributed by atoms with van der Waals surface area (Å²) in [7, 11) is -1.54. The average Bonchev–Trinajstić information content (AvgIpc) is 2.87. The summed E-state index contributed by atoms with van der Waals surface area (Å²) in [5.41, 5.74) is 2.90. The van der Waals surface area contributed by atoms with Gasteiger partial charge in [-0.15, -0.1) is 0 Å². The van der Waals surface area contributed by atoms with Crippen LogP contribution in [0.25, 0.3) is 0 Å². The molecule has 0 aromatic heterocycles. The van der Waals surface area contributed by atoms with Crippen molar-refractivity contribution in [2.75, 3.05) is 25.1 Å². The third-order valence-electron chi connectivity index (χ3n) is 6.03. The van der Waals surface area contributed by atoms with E-state index in [-0.39, 0.29) is 22.4 Å². The molecule has 0 saturated heterocycles. The van der Waals surface area contributed by atoms with Gasteiger partial charge in [-0.2, -0.15) is 0 Å². The van der Waals surface area contributed by atoms with Gasteiger partial charge in [0, 0.05) is 6.07 Å². The lowest BCUT2D eigenvalue weighted by Crippen LogP contribution is -2.42. The Bertz CT molecular complexity index is 1340. The fourth-order valence-electron chi connectivity index (χ4n) is 3.83. The second-order valence-corrected chi connectivity index (χ2v) is 10.2. The number of ether oxygens (including phenoxy) is 2. The minimum Gasteiger partial charge on any atom is -0.493 e. The highest BCUT2D eigenvalue weighted by Gasteiger charge is 2.30. The Morgan fingerprint density at radius 2 is 1.67 bits per heavy atom. The molecule has 0 heterocycles. The average molecular weight is 515 g/mol. The number of hydrogen-bond acceptors (Lipinski definition) is 5. The van der Waals surface area contributed by atoms with E-state index in [2.05, 4.69) is 5.32 Å². The van der Waals surface area contributed by atoms with Crippen LogP contribution >= 0.6 is 0 Å². The van der Waals surface area contributed by atoms with E-state index in [1.165, 1.54) is 50.6 Å². The molecule has 0 radical (unpaired) electrons. The number of sulfonamides is 1. The monoisotopic (exact) mass is 514 g/mol. The smallest absolute Gasteiger partial charge is 0.265 e. The van der Waals surface area contributed by atoms with Crippen LogP contribution in [0.1, 0.15) is 36.1 Å². The molecule has 1 amide bonds. The van der Waals surface area contributed by atoms with Gasteiger partial charge in [0.1, 0.15) is 12.4 Å².